The van der Waals surface area contributed by atoms with Crippen molar-refractivity contribution in [3.05, 3.63) is 64.7 Å². The minimum Gasteiger partial charge on any atom is -0.493 e. The second kappa shape index (κ2) is 10.0. The Hall–Kier alpha value is -2.75. The highest BCUT2D eigenvalue weighted by Gasteiger charge is 2.45. The van der Waals surface area contributed by atoms with Gasteiger partial charge < -0.3 is 34.6 Å². The van der Waals surface area contributed by atoms with E-state index in [1.165, 1.54) is 7.11 Å². The number of aliphatic hydroxyl groups excluding tert-OH is 4. The topological polar surface area (TPSA) is 126 Å². The number of aryl methyl sites for hydroxylation is 1. The van der Waals surface area contributed by atoms with E-state index in [-0.39, 0.29) is 11.5 Å². The van der Waals surface area contributed by atoms with Crippen molar-refractivity contribution in [2.45, 2.75) is 50.0 Å². The Kier molecular flexibility index (Phi) is 7.11. The minimum absolute atomic E-state index is 0.0173. The van der Waals surface area contributed by atoms with E-state index in [2.05, 4.69) is 0 Å². The zero-order valence-corrected chi connectivity index (χ0v) is 18.3. The van der Waals surface area contributed by atoms with Crippen LogP contribution in [0.25, 0.3) is 6.08 Å². The Morgan fingerprint density at radius 3 is 2.58 bits per heavy atom. The van der Waals surface area contributed by atoms with Gasteiger partial charge in [-0.1, -0.05) is 30.3 Å². The standard InChI is InChI=1S/C25H28O8/c1-31-19-12-14(11-16-7-4-6-15-5-2-3-8-17(15)21(16)27)9-10-18(19)32-25-24(30)23(29)22(28)20(13-26)33-25/h2-3,5,8-12,20,22-26,28-30H,4,6-7,13H2,1H3/t20-,22+,23+,24-,25-/m1/s1. The summed E-state index contributed by atoms with van der Waals surface area (Å²) in [6, 6.07) is 12.7. The summed E-state index contributed by atoms with van der Waals surface area (Å²) in [5.74, 6) is 0.591. The molecule has 0 saturated carbocycles. The van der Waals surface area contributed by atoms with Gasteiger partial charge in [0, 0.05) is 11.1 Å². The van der Waals surface area contributed by atoms with Crippen LogP contribution in [0.2, 0.25) is 0 Å². The fraction of sp³-hybridized carbons (Fsp3) is 0.400. The van der Waals surface area contributed by atoms with Crippen LogP contribution in [-0.2, 0) is 11.2 Å². The SMILES string of the molecule is COc1cc(C=C2CCCc3ccccc3C2=O)ccc1O[C@@H]1O[C@H](CO)[C@H](O)[C@H](O)[C@H]1O. The normalized spacial score (nSPS) is 28.8. The Labute approximate surface area is 191 Å². The summed E-state index contributed by atoms with van der Waals surface area (Å²) in [5, 5.41) is 39.5. The van der Waals surface area contributed by atoms with Crippen molar-refractivity contribution in [2.24, 2.45) is 0 Å². The van der Waals surface area contributed by atoms with Crippen LogP contribution >= 0.6 is 0 Å². The van der Waals surface area contributed by atoms with Gasteiger partial charge in [-0.2, -0.15) is 0 Å². The van der Waals surface area contributed by atoms with E-state index in [0.717, 1.165) is 29.5 Å². The molecule has 0 radical (unpaired) electrons. The third kappa shape index (κ3) is 4.80. The number of rotatable bonds is 5. The predicted molar refractivity (Wildman–Crippen MR) is 119 cm³/mol. The molecular formula is C25H28O8. The molecule has 33 heavy (non-hydrogen) atoms. The Balaban J connectivity index is 1.57. The fourth-order valence-corrected chi connectivity index (χ4v) is 4.22. The van der Waals surface area contributed by atoms with Crippen LogP contribution in [0.5, 0.6) is 11.5 Å². The lowest BCUT2D eigenvalue weighted by atomic mass is 9.98. The van der Waals surface area contributed by atoms with Crippen LogP contribution in [0, 0.1) is 0 Å². The number of fused-ring (bicyclic) bond motifs is 1. The second-order valence-electron chi connectivity index (χ2n) is 8.23. The number of methoxy groups -OCH3 is 1. The molecule has 0 aromatic heterocycles. The Morgan fingerprint density at radius 1 is 1.03 bits per heavy atom. The van der Waals surface area contributed by atoms with Gasteiger partial charge in [0.1, 0.15) is 24.4 Å². The zero-order chi connectivity index (χ0) is 23.5. The number of benzene rings is 2. The zero-order valence-electron chi connectivity index (χ0n) is 18.3. The molecule has 176 valence electrons. The van der Waals surface area contributed by atoms with Gasteiger partial charge in [-0.15, -0.1) is 0 Å². The Bertz CT molecular complexity index is 1030. The molecule has 1 heterocycles. The molecule has 2 aromatic rings. The first-order valence-corrected chi connectivity index (χ1v) is 10.9. The quantitative estimate of drug-likeness (QED) is 0.394. The summed E-state index contributed by atoms with van der Waals surface area (Å²) in [7, 11) is 1.46. The Morgan fingerprint density at radius 2 is 1.82 bits per heavy atom. The first-order chi connectivity index (χ1) is 15.9. The number of carbonyl (C=O) groups is 1. The maximum absolute atomic E-state index is 13.0. The van der Waals surface area contributed by atoms with Crippen molar-refractivity contribution >= 4 is 11.9 Å². The smallest absolute Gasteiger partial charge is 0.229 e. The molecule has 8 nitrogen and oxygen atoms in total. The number of allylic oxidation sites excluding steroid dienone is 1. The third-order valence-corrected chi connectivity index (χ3v) is 6.07. The first-order valence-electron chi connectivity index (χ1n) is 10.9. The average Bonchev–Trinajstić information content (AvgIpc) is 2.99. The fourth-order valence-electron chi connectivity index (χ4n) is 4.22. The van der Waals surface area contributed by atoms with Crippen LogP contribution in [0.15, 0.2) is 48.0 Å². The van der Waals surface area contributed by atoms with E-state index < -0.39 is 37.3 Å². The maximum Gasteiger partial charge on any atom is 0.229 e. The summed E-state index contributed by atoms with van der Waals surface area (Å²) in [5.41, 5.74) is 3.25. The van der Waals surface area contributed by atoms with E-state index >= 15 is 0 Å². The average molecular weight is 456 g/mol. The van der Waals surface area contributed by atoms with Gasteiger partial charge in [0.2, 0.25) is 6.29 Å². The molecule has 0 spiro atoms. The maximum atomic E-state index is 13.0. The number of hydrogen-bond acceptors (Lipinski definition) is 8. The van der Waals surface area contributed by atoms with Gasteiger partial charge in [0.15, 0.2) is 17.3 Å². The van der Waals surface area contributed by atoms with Crippen molar-refractivity contribution in [3.63, 3.8) is 0 Å². The van der Waals surface area contributed by atoms with Crippen LogP contribution in [-0.4, -0.2) is 70.6 Å². The van der Waals surface area contributed by atoms with Crippen LogP contribution in [0.3, 0.4) is 0 Å². The summed E-state index contributed by atoms with van der Waals surface area (Å²) >= 11 is 0. The van der Waals surface area contributed by atoms with E-state index in [0.29, 0.717) is 17.7 Å². The molecule has 1 aliphatic heterocycles. The van der Waals surface area contributed by atoms with Crippen molar-refractivity contribution in [3.8, 4) is 11.5 Å². The number of ether oxygens (including phenoxy) is 3. The van der Waals surface area contributed by atoms with Crippen molar-refractivity contribution in [2.75, 3.05) is 13.7 Å². The van der Waals surface area contributed by atoms with Gasteiger partial charge in [0.25, 0.3) is 0 Å². The van der Waals surface area contributed by atoms with E-state index in [9.17, 15) is 25.2 Å². The lowest BCUT2D eigenvalue weighted by Gasteiger charge is -2.39. The molecular weight excluding hydrogens is 428 g/mol. The molecule has 1 saturated heterocycles. The van der Waals surface area contributed by atoms with Gasteiger partial charge >= 0.3 is 0 Å². The molecule has 0 unspecified atom stereocenters. The lowest BCUT2D eigenvalue weighted by Crippen LogP contribution is -2.60. The first kappa shape index (κ1) is 23.4. The number of Topliss-reactive ketones (excluding diaryl/α,β-unsaturated/α-hetero) is 1. The number of carbonyl (C=O) groups excluding carboxylic acids is 1. The van der Waals surface area contributed by atoms with Crippen LogP contribution in [0.1, 0.15) is 34.3 Å². The van der Waals surface area contributed by atoms with E-state index in [1.807, 2.05) is 30.3 Å². The monoisotopic (exact) mass is 456 g/mol. The summed E-state index contributed by atoms with van der Waals surface area (Å²) in [6.07, 6.45) is -2.70. The van der Waals surface area contributed by atoms with Crippen molar-refractivity contribution in [1.82, 2.24) is 0 Å². The molecule has 1 fully saturated rings. The van der Waals surface area contributed by atoms with Crippen molar-refractivity contribution < 1.29 is 39.4 Å². The summed E-state index contributed by atoms with van der Waals surface area (Å²) in [4.78, 5) is 13.0. The van der Waals surface area contributed by atoms with Crippen LogP contribution in [0.4, 0.5) is 0 Å². The molecule has 2 aromatic carbocycles. The number of hydrogen-bond donors (Lipinski definition) is 4. The highest BCUT2D eigenvalue weighted by Crippen LogP contribution is 2.33. The van der Waals surface area contributed by atoms with Crippen molar-refractivity contribution in [1.29, 1.82) is 0 Å². The molecule has 0 amide bonds. The molecule has 4 rings (SSSR count). The van der Waals surface area contributed by atoms with Gasteiger partial charge in [-0.05, 0) is 48.6 Å². The molecule has 8 heteroatoms. The molecule has 4 N–H and O–H groups in total. The largest absolute Gasteiger partial charge is 0.493 e. The molecule has 1 aliphatic carbocycles. The van der Waals surface area contributed by atoms with Gasteiger partial charge in [0.05, 0.1) is 13.7 Å². The van der Waals surface area contributed by atoms with Gasteiger partial charge in [-0.25, -0.2) is 0 Å². The van der Waals surface area contributed by atoms with E-state index in [1.54, 1.807) is 18.2 Å². The third-order valence-electron chi connectivity index (χ3n) is 6.07. The summed E-state index contributed by atoms with van der Waals surface area (Å²) in [6.45, 7) is -0.550. The predicted octanol–water partition coefficient (Wildman–Crippen LogP) is 1.48. The lowest BCUT2D eigenvalue weighted by molar-refractivity contribution is -0.277. The summed E-state index contributed by atoms with van der Waals surface area (Å²) < 4.78 is 16.5. The second-order valence-corrected chi connectivity index (χ2v) is 8.23. The van der Waals surface area contributed by atoms with E-state index in [4.69, 9.17) is 14.2 Å². The molecule has 0 bridgehead atoms. The van der Waals surface area contributed by atoms with Crippen LogP contribution < -0.4 is 9.47 Å². The van der Waals surface area contributed by atoms with Gasteiger partial charge in [-0.3, -0.25) is 4.79 Å². The highest BCUT2D eigenvalue weighted by atomic mass is 16.7. The highest BCUT2D eigenvalue weighted by molar-refractivity contribution is 6.12. The number of ketones is 1. The minimum atomic E-state index is -1.54. The molecule has 2 aliphatic rings. The number of aliphatic hydroxyl groups is 4. The molecule has 5 atom stereocenters.